The number of nitrogens with zero attached hydrogens (tertiary/aromatic N) is 1. The second kappa shape index (κ2) is 11.5. The molecule has 0 bridgehead atoms. The normalized spacial score (nSPS) is 24.0. The van der Waals surface area contributed by atoms with Crippen LogP contribution in [0.1, 0.15) is 75.8 Å². The summed E-state index contributed by atoms with van der Waals surface area (Å²) in [7, 11) is -3.87. The van der Waals surface area contributed by atoms with Gasteiger partial charge in [-0.15, -0.1) is 0 Å². The van der Waals surface area contributed by atoms with Crippen LogP contribution in [0.5, 0.6) is 0 Å². The molecule has 0 aromatic heterocycles. The number of hydrogen-bond acceptors (Lipinski definition) is 4. The van der Waals surface area contributed by atoms with Crippen molar-refractivity contribution in [1.82, 2.24) is 9.62 Å². The first-order valence-corrected chi connectivity index (χ1v) is 13.6. The molecule has 1 aliphatic carbocycles. The molecule has 1 saturated heterocycles. The highest BCUT2D eigenvalue weighted by atomic mass is 32.2. The molecule has 0 spiro atoms. The fourth-order valence-corrected chi connectivity index (χ4v) is 6.46. The molecule has 1 heterocycles. The molecule has 2 aliphatic rings. The molecular weight excluding hydrogens is 453 g/mol. The molecule has 3 rings (SSSR count). The number of ether oxygens (including phenoxy) is 1. The zero-order valence-corrected chi connectivity index (χ0v) is 20.5. The molecule has 188 valence electrons. The van der Waals surface area contributed by atoms with Crippen molar-refractivity contribution < 1.29 is 26.3 Å². The van der Waals surface area contributed by atoms with Gasteiger partial charge >= 0.3 is 6.18 Å². The summed E-state index contributed by atoms with van der Waals surface area (Å²) >= 11 is 0. The van der Waals surface area contributed by atoms with E-state index in [4.69, 9.17) is 4.74 Å². The predicted octanol–water partition coefficient (Wildman–Crippen LogP) is 5.27. The standard InChI is InChI=1S/C24H37F3N2O3S/c1-18-17-20(24(25,26)27)8-13-23(18)33(30,31)28-21-9-11-22(12-10-21)32-16-6-7-19(2)29-14-4-3-5-15-29/h8,13,17,19,21-22,28H,3-7,9-12,14-16H2,1-2H3. The summed E-state index contributed by atoms with van der Waals surface area (Å²) in [4.78, 5) is 2.47. The van der Waals surface area contributed by atoms with E-state index in [0.29, 0.717) is 18.9 Å². The summed E-state index contributed by atoms with van der Waals surface area (Å²) in [5.74, 6) is 0. The Bertz CT molecular complexity index is 862. The van der Waals surface area contributed by atoms with E-state index in [0.717, 1.165) is 50.5 Å². The summed E-state index contributed by atoms with van der Waals surface area (Å²) in [5, 5.41) is 0. The maximum absolute atomic E-state index is 12.9. The third kappa shape index (κ3) is 7.67. The van der Waals surface area contributed by atoms with E-state index < -0.39 is 21.8 Å². The quantitative estimate of drug-likeness (QED) is 0.479. The van der Waals surface area contributed by atoms with Gasteiger partial charge in [-0.05, 0) is 102 Å². The number of sulfonamides is 1. The van der Waals surface area contributed by atoms with Crippen molar-refractivity contribution in [2.45, 2.75) is 101 Å². The summed E-state index contributed by atoms with van der Waals surface area (Å²) in [5.41, 5.74) is -0.755. The molecule has 1 aromatic carbocycles. The van der Waals surface area contributed by atoms with Crippen LogP contribution >= 0.6 is 0 Å². The van der Waals surface area contributed by atoms with Crippen LogP contribution in [0.4, 0.5) is 13.2 Å². The molecule has 0 radical (unpaired) electrons. The average Bonchev–Trinajstić information content (AvgIpc) is 2.77. The number of likely N-dealkylation sites (tertiary alicyclic amines) is 1. The van der Waals surface area contributed by atoms with Crippen molar-refractivity contribution >= 4 is 10.0 Å². The Hall–Kier alpha value is -1.16. The maximum atomic E-state index is 12.9. The van der Waals surface area contributed by atoms with E-state index in [1.165, 1.54) is 39.3 Å². The highest BCUT2D eigenvalue weighted by molar-refractivity contribution is 7.89. The van der Waals surface area contributed by atoms with E-state index in [9.17, 15) is 21.6 Å². The molecule has 1 unspecified atom stereocenters. The third-order valence-electron chi connectivity index (χ3n) is 6.92. The Morgan fingerprint density at radius 3 is 2.39 bits per heavy atom. The summed E-state index contributed by atoms with van der Waals surface area (Å²) in [6.45, 7) is 6.81. The molecule has 1 atom stereocenters. The van der Waals surface area contributed by atoms with Gasteiger partial charge in [0.15, 0.2) is 0 Å². The minimum Gasteiger partial charge on any atom is -0.378 e. The molecule has 1 saturated carbocycles. The Balaban J connectivity index is 1.40. The zero-order valence-electron chi connectivity index (χ0n) is 19.7. The number of alkyl halides is 3. The van der Waals surface area contributed by atoms with Gasteiger partial charge in [0.25, 0.3) is 0 Å². The number of hydrogen-bond donors (Lipinski definition) is 1. The van der Waals surface area contributed by atoms with Crippen LogP contribution in [-0.4, -0.2) is 51.2 Å². The smallest absolute Gasteiger partial charge is 0.378 e. The van der Waals surface area contributed by atoms with Crippen molar-refractivity contribution in [3.63, 3.8) is 0 Å². The highest BCUT2D eigenvalue weighted by Gasteiger charge is 2.32. The number of rotatable bonds is 9. The van der Waals surface area contributed by atoms with Crippen LogP contribution in [0, 0.1) is 6.92 Å². The van der Waals surface area contributed by atoms with Gasteiger partial charge in [0.2, 0.25) is 10.0 Å². The number of nitrogens with one attached hydrogen (secondary N) is 1. The minimum absolute atomic E-state index is 0.0909. The molecule has 1 aliphatic heterocycles. The summed E-state index contributed by atoms with van der Waals surface area (Å²) in [6, 6.07) is 3.10. The SMILES string of the molecule is Cc1cc(C(F)(F)F)ccc1S(=O)(=O)NC1CCC(OCCCC(C)N2CCCCC2)CC1. The lowest BCUT2D eigenvalue weighted by atomic mass is 9.94. The Morgan fingerprint density at radius 2 is 1.79 bits per heavy atom. The minimum atomic E-state index is -4.50. The van der Waals surface area contributed by atoms with Crippen LogP contribution in [-0.2, 0) is 20.9 Å². The lowest BCUT2D eigenvalue weighted by Gasteiger charge is -2.32. The van der Waals surface area contributed by atoms with E-state index in [1.54, 1.807) is 0 Å². The van der Waals surface area contributed by atoms with Gasteiger partial charge in [0, 0.05) is 18.7 Å². The number of halogens is 3. The second-order valence-corrected chi connectivity index (χ2v) is 11.2. The molecule has 9 heteroatoms. The largest absolute Gasteiger partial charge is 0.416 e. The number of piperidine rings is 1. The van der Waals surface area contributed by atoms with Gasteiger partial charge in [-0.3, -0.25) is 0 Å². The van der Waals surface area contributed by atoms with E-state index in [-0.39, 0.29) is 22.6 Å². The van der Waals surface area contributed by atoms with Crippen molar-refractivity contribution in [2.24, 2.45) is 0 Å². The maximum Gasteiger partial charge on any atom is 0.416 e. The van der Waals surface area contributed by atoms with Gasteiger partial charge in [0.05, 0.1) is 16.6 Å². The molecule has 33 heavy (non-hydrogen) atoms. The van der Waals surface area contributed by atoms with Crippen LogP contribution in [0.25, 0.3) is 0 Å². The van der Waals surface area contributed by atoms with Crippen LogP contribution < -0.4 is 4.72 Å². The predicted molar refractivity (Wildman–Crippen MR) is 123 cm³/mol. The lowest BCUT2D eigenvalue weighted by Crippen LogP contribution is -2.39. The topological polar surface area (TPSA) is 58.6 Å². The van der Waals surface area contributed by atoms with E-state index in [2.05, 4.69) is 16.5 Å². The van der Waals surface area contributed by atoms with Crippen molar-refractivity contribution in [3.8, 4) is 0 Å². The van der Waals surface area contributed by atoms with Gasteiger partial charge < -0.3 is 9.64 Å². The average molecular weight is 491 g/mol. The third-order valence-corrected chi connectivity index (χ3v) is 8.60. The van der Waals surface area contributed by atoms with Crippen LogP contribution in [0.15, 0.2) is 23.1 Å². The molecule has 2 fully saturated rings. The Kier molecular flexibility index (Phi) is 9.23. The van der Waals surface area contributed by atoms with Gasteiger partial charge in [0.1, 0.15) is 0 Å². The van der Waals surface area contributed by atoms with Crippen LogP contribution in [0.2, 0.25) is 0 Å². The summed E-state index contributed by atoms with van der Waals surface area (Å²) in [6.07, 6.45) is 4.62. The Morgan fingerprint density at radius 1 is 1.12 bits per heavy atom. The van der Waals surface area contributed by atoms with Crippen molar-refractivity contribution in [3.05, 3.63) is 29.3 Å². The second-order valence-electron chi connectivity index (χ2n) is 9.53. The first kappa shape index (κ1) is 26.4. The van der Waals surface area contributed by atoms with Gasteiger partial charge in [-0.2, -0.15) is 13.2 Å². The lowest BCUT2D eigenvalue weighted by molar-refractivity contribution is -0.137. The fraction of sp³-hybridized carbons (Fsp3) is 0.750. The monoisotopic (exact) mass is 490 g/mol. The zero-order chi connectivity index (χ0) is 24.1. The van der Waals surface area contributed by atoms with Crippen molar-refractivity contribution in [2.75, 3.05) is 19.7 Å². The van der Waals surface area contributed by atoms with Gasteiger partial charge in [-0.1, -0.05) is 6.42 Å². The van der Waals surface area contributed by atoms with E-state index in [1.807, 2.05) is 0 Å². The van der Waals surface area contributed by atoms with Crippen molar-refractivity contribution in [1.29, 1.82) is 0 Å². The Labute approximate surface area is 196 Å². The fourth-order valence-electron chi connectivity index (χ4n) is 4.93. The molecule has 1 N–H and O–H groups in total. The summed E-state index contributed by atoms with van der Waals surface area (Å²) < 4.78 is 72.8. The molecular formula is C24H37F3N2O3S. The number of benzene rings is 1. The first-order valence-electron chi connectivity index (χ1n) is 12.1. The number of aryl methyl sites for hydroxylation is 1. The molecule has 1 aromatic rings. The van der Waals surface area contributed by atoms with E-state index >= 15 is 0 Å². The first-order chi connectivity index (χ1) is 15.6. The van der Waals surface area contributed by atoms with Crippen LogP contribution in [0.3, 0.4) is 0 Å². The molecule has 5 nitrogen and oxygen atoms in total. The van der Waals surface area contributed by atoms with Gasteiger partial charge in [-0.25, -0.2) is 13.1 Å². The molecule has 0 amide bonds. The highest BCUT2D eigenvalue weighted by Crippen LogP contribution is 2.32.